The van der Waals surface area contributed by atoms with E-state index in [2.05, 4.69) is 6.92 Å². The van der Waals surface area contributed by atoms with Crippen LogP contribution in [0.2, 0.25) is 0 Å². The first kappa shape index (κ1) is 10.8. The fraction of sp³-hybridized carbons (Fsp3) is 0.889. The third-order valence-corrected chi connectivity index (χ3v) is 3.14. The number of likely N-dealkylation sites (tertiary alicyclic amines) is 1. The number of piperidine rings is 1. The van der Waals surface area contributed by atoms with Gasteiger partial charge in [-0.15, -0.1) is 0 Å². The zero-order chi connectivity index (χ0) is 9.84. The number of carbonyl (C=O) groups excluding carboxylic acids is 1. The number of halogens is 1. The molecule has 13 heavy (non-hydrogen) atoms. The molecule has 4 heteroatoms. The van der Waals surface area contributed by atoms with Gasteiger partial charge in [-0.1, -0.05) is 24.9 Å². The number of alkyl halides is 1. The Bertz CT molecular complexity index is 186. The Morgan fingerprint density at radius 2 is 2.38 bits per heavy atom. The summed E-state index contributed by atoms with van der Waals surface area (Å²) in [6, 6.07) is 0.434. The maximum Gasteiger partial charge on any atom is 0.250 e. The molecule has 2 atom stereocenters. The molecule has 76 valence electrons. The number of nitrogens with two attached hydrogens (primary N) is 1. The average Bonchev–Trinajstić information content (AvgIpc) is 2.16. The van der Waals surface area contributed by atoms with Gasteiger partial charge in [0, 0.05) is 12.6 Å². The topological polar surface area (TPSA) is 46.3 Å². The van der Waals surface area contributed by atoms with Gasteiger partial charge in [-0.3, -0.25) is 9.69 Å². The summed E-state index contributed by atoms with van der Waals surface area (Å²) < 4.78 is 0. The molecule has 1 amide bonds. The monoisotopic (exact) mass is 204 g/mol. The maximum atomic E-state index is 10.9. The second kappa shape index (κ2) is 4.82. The van der Waals surface area contributed by atoms with Crippen LogP contribution in [0.15, 0.2) is 0 Å². The van der Waals surface area contributed by atoms with E-state index in [9.17, 15) is 4.79 Å². The molecule has 0 aromatic carbocycles. The van der Waals surface area contributed by atoms with Gasteiger partial charge in [-0.2, -0.15) is 0 Å². The van der Waals surface area contributed by atoms with E-state index in [4.69, 9.17) is 17.3 Å². The highest BCUT2D eigenvalue weighted by Crippen LogP contribution is 2.23. The molecule has 1 aliphatic heterocycles. The van der Waals surface area contributed by atoms with Crippen LogP contribution in [0.3, 0.4) is 0 Å². The highest BCUT2D eigenvalue weighted by molar-refractivity contribution is 6.30. The van der Waals surface area contributed by atoms with E-state index >= 15 is 0 Å². The molecule has 0 aromatic heterocycles. The summed E-state index contributed by atoms with van der Waals surface area (Å²) in [5, 5.41) is 0. The van der Waals surface area contributed by atoms with Gasteiger partial charge in [0.2, 0.25) is 5.91 Å². The quantitative estimate of drug-likeness (QED) is 0.557. The van der Waals surface area contributed by atoms with Crippen LogP contribution in [0.5, 0.6) is 0 Å². The number of amides is 1. The van der Waals surface area contributed by atoms with E-state index in [1.165, 1.54) is 6.42 Å². The van der Waals surface area contributed by atoms with Crippen LogP contribution in [0, 0.1) is 0 Å². The fourth-order valence-corrected chi connectivity index (χ4v) is 2.18. The maximum absolute atomic E-state index is 10.9. The van der Waals surface area contributed by atoms with E-state index in [-0.39, 0.29) is 0 Å². The Kier molecular flexibility index (Phi) is 4.00. The van der Waals surface area contributed by atoms with Crippen molar-refractivity contribution in [3.8, 4) is 0 Å². The van der Waals surface area contributed by atoms with Crippen LogP contribution in [0.1, 0.15) is 32.6 Å². The minimum absolute atomic E-state index is 0.429. The molecule has 1 rings (SSSR count). The average molecular weight is 205 g/mol. The van der Waals surface area contributed by atoms with Crippen LogP contribution in [0.25, 0.3) is 0 Å². The van der Waals surface area contributed by atoms with Crippen molar-refractivity contribution in [2.45, 2.75) is 44.1 Å². The molecule has 3 nitrogen and oxygen atoms in total. The number of nitrogens with zero attached hydrogens (tertiary/aromatic N) is 1. The standard InChI is InChI=1S/C9H17ClN2O/c1-2-7-5-3-4-6-12(7)8(10)9(11)13/h7-8H,2-6H2,1H3,(H2,11,13). The Morgan fingerprint density at radius 3 is 2.92 bits per heavy atom. The van der Waals surface area contributed by atoms with Crippen molar-refractivity contribution in [1.82, 2.24) is 4.90 Å². The molecule has 1 fully saturated rings. The van der Waals surface area contributed by atoms with Crippen molar-refractivity contribution in [3.05, 3.63) is 0 Å². The van der Waals surface area contributed by atoms with E-state index in [0.29, 0.717) is 6.04 Å². The van der Waals surface area contributed by atoms with Crippen LogP contribution >= 0.6 is 11.6 Å². The normalized spacial score (nSPS) is 27.1. The van der Waals surface area contributed by atoms with Crippen molar-refractivity contribution in [1.29, 1.82) is 0 Å². The molecule has 1 aliphatic rings. The summed E-state index contributed by atoms with van der Waals surface area (Å²) in [6.07, 6.45) is 4.52. The predicted octanol–water partition coefficient (Wildman–Crippen LogP) is 1.30. The predicted molar refractivity (Wildman–Crippen MR) is 53.5 cm³/mol. The summed E-state index contributed by atoms with van der Waals surface area (Å²) in [7, 11) is 0. The molecule has 0 aliphatic carbocycles. The van der Waals surface area contributed by atoms with Crippen LogP contribution in [0.4, 0.5) is 0 Å². The lowest BCUT2D eigenvalue weighted by Gasteiger charge is -2.36. The van der Waals surface area contributed by atoms with Gasteiger partial charge >= 0.3 is 0 Å². The minimum Gasteiger partial charge on any atom is -0.367 e. The first-order chi connectivity index (χ1) is 6.16. The Balaban J connectivity index is 2.58. The summed E-state index contributed by atoms with van der Waals surface area (Å²) in [5.74, 6) is -0.429. The molecule has 0 spiro atoms. The zero-order valence-electron chi connectivity index (χ0n) is 8.00. The molecule has 0 saturated carbocycles. The van der Waals surface area contributed by atoms with Crippen molar-refractivity contribution in [3.63, 3.8) is 0 Å². The second-order valence-electron chi connectivity index (χ2n) is 3.53. The summed E-state index contributed by atoms with van der Waals surface area (Å²) >= 11 is 5.92. The largest absolute Gasteiger partial charge is 0.367 e. The molecule has 1 heterocycles. The summed E-state index contributed by atoms with van der Waals surface area (Å²) in [5.41, 5.74) is 4.55. The van der Waals surface area contributed by atoms with Gasteiger partial charge in [0.05, 0.1) is 0 Å². The minimum atomic E-state index is -0.620. The van der Waals surface area contributed by atoms with Gasteiger partial charge in [-0.05, 0) is 19.3 Å². The third-order valence-electron chi connectivity index (χ3n) is 2.67. The lowest BCUT2D eigenvalue weighted by atomic mass is 10.00. The number of carbonyl (C=O) groups is 1. The Morgan fingerprint density at radius 1 is 1.69 bits per heavy atom. The number of hydrogen-bond acceptors (Lipinski definition) is 2. The van der Waals surface area contributed by atoms with Crippen LogP contribution in [-0.4, -0.2) is 28.9 Å². The molecular formula is C9H17ClN2O. The molecule has 0 bridgehead atoms. The van der Waals surface area contributed by atoms with Gasteiger partial charge in [0.15, 0.2) is 5.50 Å². The van der Waals surface area contributed by atoms with Gasteiger partial charge in [-0.25, -0.2) is 0 Å². The fourth-order valence-electron chi connectivity index (χ4n) is 1.92. The Labute approximate surface area is 84.2 Å². The number of rotatable bonds is 3. The zero-order valence-corrected chi connectivity index (χ0v) is 8.76. The molecule has 0 aromatic rings. The highest BCUT2D eigenvalue weighted by atomic mass is 35.5. The van der Waals surface area contributed by atoms with Crippen molar-refractivity contribution in [2.24, 2.45) is 5.73 Å². The first-order valence-electron chi connectivity index (χ1n) is 4.86. The van der Waals surface area contributed by atoms with Gasteiger partial charge < -0.3 is 5.73 Å². The smallest absolute Gasteiger partial charge is 0.250 e. The first-order valence-corrected chi connectivity index (χ1v) is 5.29. The summed E-state index contributed by atoms with van der Waals surface area (Å²) in [4.78, 5) is 12.9. The van der Waals surface area contributed by atoms with Gasteiger partial charge in [0.25, 0.3) is 0 Å². The molecule has 2 N–H and O–H groups in total. The lowest BCUT2D eigenvalue weighted by Crippen LogP contribution is -2.49. The van der Waals surface area contributed by atoms with Crippen LogP contribution in [-0.2, 0) is 4.79 Å². The van der Waals surface area contributed by atoms with E-state index in [0.717, 1.165) is 25.8 Å². The van der Waals surface area contributed by atoms with E-state index in [1.807, 2.05) is 4.90 Å². The van der Waals surface area contributed by atoms with E-state index < -0.39 is 11.4 Å². The SMILES string of the molecule is CCC1CCCCN1C(Cl)C(N)=O. The second-order valence-corrected chi connectivity index (χ2v) is 3.95. The van der Waals surface area contributed by atoms with Gasteiger partial charge in [0.1, 0.15) is 0 Å². The summed E-state index contributed by atoms with van der Waals surface area (Å²) in [6.45, 7) is 3.02. The molecule has 1 saturated heterocycles. The van der Waals surface area contributed by atoms with Crippen molar-refractivity contribution >= 4 is 17.5 Å². The lowest BCUT2D eigenvalue weighted by molar-refractivity contribution is -0.121. The third kappa shape index (κ3) is 2.58. The highest BCUT2D eigenvalue weighted by Gasteiger charge is 2.29. The number of hydrogen-bond donors (Lipinski definition) is 1. The van der Waals surface area contributed by atoms with Crippen molar-refractivity contribution in [2.75, 3.05) is 6.54 Å². The molecular weight excluding hydrogens is 188 g/mol. The molecule has 0 radical (unpaired) electrons. The Hall–Kier alpha value is -0.280. The number of primary amides is 1. The van der Waals surface area contributed by atoms with E-state index in [1.54, 1.807) is 0 Å². The van der Waals surface area contributed by atoms with Crippen molar-refractivity contribution < 1.29 is 4.79 Å². The van der Waals surface area contributed by atoms with Crippen LogP contribution < -0.4 is 5.73 Å². The molecule has 2 unspecified atom stereocenters.